The number of hydrogen-bond acceptors (Lipinski definition) is 2. The Morgan fingerprint density at radius 3 is 2.73 bits per heavy atom. The van der Waals surface area contributed by atoms with Crippen molar-refractivity contribution < 1.29 is 14.6 Å². The SMILES string of the molecule is COC(Cc1ccc(C)cc1Cl)C(=O)O. The van der Waals surface area contributed by atoms with Gasteiger partial charge >= 0.3 is 5.97 Å². The summed E-state index contributed by atoms with van der Waals surface area (Å²) in [5, 5.41) is 9.39. The van der Waals surface area contributed by atoms with Crippen molar-refractivity contribution in [3.05, 3.63) is 34.3 Å². The summed E-state index contributed by atoms with van der Waals surface area (Å²) in [6, 6.07) is 5.54. The minimum Gasteiger partial charge on any atom is -0.479 e. The van der Waals surface area contributed by atoms with Crippen molar-refractivity contribution in [2.45, 2.75) is 19.4 Å². The highest BCUT2D eigenvalue weighted by atomic mass is 35.5. The number of rotatable bonds is 4. The van der Waals surface area contributed by atoms with Gasteiger partial charge in [-0.3, -0.25) is 0 Å². The van der Waals surface area contributed by atoms with E-state index >= 15 is 0 Å². The van der Waals surface area contributed by atoms with Crippen LogP contribution in [0.25, 0.3) is 0 Å². The topological polar surface area (TPSA) is 46.5 Å². The van der Waals surface area contributed by atoms with Gasteiger partial charge in [-0.1, -0.05) is 23.7 Å². The fourth-order valence-corrected chi connectivity index (χ4v) is 1.60. The molecule has 0 bridgehead atoms. The molecular formula is C11H13ClO3. The molecule has 0 aliphatic rings. The Morgan fingerprint density at radius 1 is 1.60 bits per heavy atom. The summed E-state index contributed by atoms with van der Waals surface area (Å²) < 4.78 is 4.84. The van der Waals surface area contributed by atoms with E-state index in [2.05, 4.69) is 0 Å². The summed E-state index contributed by atoms with van der Waals surface area (Å²) in [5.41, 5.74) is 1.84. The minimum absolute atomic E-state index is 0.283. The third kappa shape index (κ3) is 3.22. The number of carboxylic acid groups (broad SMARTS) is 1. The molecule has 4 heteroatoms. The number of ether oxygens (including phenoxy) is 1. The minimum atomic E-state index is -0.978. The Morgan fingerprint density at radius 2 is 2.27 bits per heavy atom. The fourth-order valence-electron chi connectivity index (χ4n) is 1.29. The second kappa shape index (κ2) is 5.14. The molecule has 82 valence electrons. The van der Waals surface area contributed by atoms with E-state index in [0.29, 0.717) is 5.02 Å². The summed E-state index contributed by atoms with van der Waals surface area (Å²) in [6.45, 7) is 1.93. The zero-order chi connectivity index (χ0) is 11.4. The maximum Gasteiger partial charge on any atom is 0.333 e. The highest BCUT2D eigenvalue weighted by molar-refractivity contribution is 6.31. The van der Waals surface area contributed by atoms with Crippen LogP contribution in [0.5, 0.6) is 0 Å². The van der Waals surface area contributed by atoms with Crippen LogP contribution in [0, 0.1) is 6.92 Å². The highest BCUT2D eigenvalue weighted by Gasteiger charge is 2.18. The standard InChI is InChI=1S/C11H13ClO3/c1-7-3-4-8(9(12)5-7)6-10(15-2)11(13)14/h3-5,10H,6H2,1-2H3,(H,13,14). The lowest BCUT2D eigenvalue weighted by molar-refractivity contribution is -0.148. The second-order valence-electron chi connectivity index (χ2n) is 3.36. The van der Waals surface area contributed by atoms with Gasteiger partial charge < -0.3 is 9.84 Å². The Kier molecular flexibility index (Phi) is 4.12. The first-order valence-corrected chi connectivity index (χ1v) is 4.93. The number of benzene rings is 1. The molecule has 3 nitrogen and oxygen atoms in total. The zero-order valence-electron chi connectivity index (χ0n) is 8.66. The first-order valence-electron chi connectivity index (χ1n) is 4.55. The summed E-state index contributed by atoms with van der Waals surface area (Å²) >= 11 is 5.99. The number of carbonyl (C=O) groups is 1. The highest BCUT2D eigenvalue weighted by Crippen LogP contribution is 2.19. The monoisotopic (exact) mass is 228 g/mol. The third-order valence-electron chi connectivity index (χ3n) is 2.17. The van der Waals surface area contributed by atoms with E-state index in [0.717, 1.165) is 11.1 Å². The molecule has 1 atom stereocenters. The molecule has 0 amide bonds. The number of carboxylic acids is 1. The van der Waals surface area contributed by atoms with E-state index in [1.807, 2.05) is 25.1 Å². The molecule has 1 aromatic rings. The number of aryl methyl sites for hydroxylation is 1. The van der Waals surface area contributed by atoms with Crippen LogP contribution >= 0.6 is 11.6 Å². The first-order chi connectivity index (χ1) is 7.04. The van der Waals surface area contributed by atoms with Gasteiger partial charge in [0.15, 0.2) is 6.10 Å². The van der Waals surface area contributed by atoms with Gasteiger partial charge in [0, 0.05) is 18.6 Å². The van der Waals surface area contributed by atoms with E-state index in [-0.39, 0.29) is 6.42 Å². The van der Waals surface area contributed by atoms with Crippen LogP contribution in [0.3, 0.4) is 0 Å². The van der Waals surface area contributed by atoms with Crippen LogP contribution in [0.1, 0.15) is 11.1 Å². The third-order valence-corrected chi connectivity index (χ3v) is 2.53. The molecule has 1 rings (SSSR count). The average Bonchev–Trinajstić information content (AvgIpc) is 2.16. The number of hydrogen-bond donors (Lipinski definition) is 1. The lowest BCUT2D eigenvalue weighted by atomic mass is 10.1. The van der Waals surface area contributed by atoms with Crippen LogP contribution in [0.2, 0.25) is 5.02 Å². The summed E-state index contributed by atoms with van der Waals surface area (Å²) in [6.07, 6.45) is -0.560. The van der Waals surface area contributed by atoms with Gasteiger partial charge in [-0.05, 0) is 24.1 Å². The normalized spacial score (nSPS) is 12.5. The molecule has 0 spiro atoms. The van der Waals surface area contributed by atoms with Gasteiger partial charge in [-0.25, -0.2) is 4.79 Å². The van der Waals surface area contributed by atoms with Crippen LogP contribution in [-0.2, 0) is 16.0 Å². The number of aliphatic carboxylic acids is 1. The summed E-state index contributed by atoms with van der Waals surface area (Å²) in [4.78, 5) is 10.7. The Hall–Kier alpha value is -1.06. The molecule has 0 saturated carbocycles. The van der Waals surface area contributed by atoms with Crippen molar-refractivity contribution in [1.82, 2.24) is 0 Å². The molecule has 0 aromatic heterocycles. The zero-order valence-corrected chi connectivity index (χ0v) is 9.41. The maximum absolute atomic E-state index is 10.7. The van der Waals surface area contributed by atoms with Crippen LogP contribution in [0.15, 0.2) is 18.2 Å². The summed E-state index contributed by atoms with van der Waals surface area (Å²) in [7, 11) is 1.38. The number of methoxy groups -OCH3 is 1. The largest absolute Gasteiger partial charge is 0.479 e. The summed E-state index contributed by atoms with van der Waals surface area (Å²) in [5.74, 6) is -0.978. The Labute approximate surface area is 93.6 Å². The molecule has 1 aromatic carbocycles. The van der Waals surface area contributed by atoms with E-state index in [1.54, 1.807) is 0 Å². The molecule has 0 aliphatic carbocycles. The molecule has 1 unspecified atom stereocenters. The predicted molar refractivity (Wildman–Crippen MR) is 58.3 cm³/mol. The van der Waals surface area contributed by atoms with Gasteiger partial charge in [0.05, 0.1) is 0 Å². The molecule has 1 N–H and O–H groups in total. The van der Waals surface area contributed by atoms with Crippen molar-refractivity contribution >= 4 is 17.6 Å². The van der Waals surface area contributed by atoms with Crippen LogP contribution in [0.4, 0.5) is 0 Å². The number of halogens is 1. The molecule has 0 heterocycles. The van der Waals surface area contributed by atoms with Gasteiger partial charge in [0.2, 0.25) is 0 Å². The Balaban J connectivity index is 2.84. The maximum atomic E-state index is 10.7. The van der Waals surface area contributed by atoms with Crippen molar-refractivity contribution in [1.29, 1.82) is 0 Å². The van der Waals surface area contributed by atoms with Crippen LogP contribution < -0.4 is 0 Å². The van der Waals surface area contributed by atoms with Gasteiger partial charge in [0.1, 0.15) is 0 Å². The van der Waals surface area contributed by atoms with Gasteiger partial charge in [-0.2, -0.15) is 0 Å². The van der Waals surface area contributed by atoms with Gasteiger partial charge in [-0.15, -0.1) is 0 Å². The molecule has 0 fully saturated rings. The lowest BCUT2D eigenvalue weighted by Crippen LogP contribution is -2.24. The smallest absolute Gasteiger partial charge is 0.333 e. The quantitative estimate of drug-likeness (QED) is 0.860. The van der Waals surface area contributed by atoms with Crippen LogP contribution in [-0.4, -0.2) is 24.3 Å². The predicted octanol–water partition coefficient (Wildman–Crippen LogP) is 2.29. The van der Waals surface area contributed by atoms with E-state index in [4.69, 9.17) is 21.4 Å². The molecule has 0 radical (unpaired) electrons. The second-order valence-corrected chi connectivity index (χ2v) is 3.77. The Bertz CT molecular complexity index is 363. The lowest BCUT2D eigenvalue weighted by Gasteiger charge is -2.11. The average molecular weight is 229 g/mol. The van der Waals surface area contributed by atoms with E-state index in [1.165, 1.54) is 7.11 Å². The molecular weight excluding hydrogens is 216 g/mol. The fraction of sp³-hybridized carbons (Fsp3) is 0.364. The van der Waals surface area contributed by atoms with E-state index < -0.39 is 12.1 Å². The van der Waals surface area contributed by atoms with Crippen molar-refractivity contribution in [2.24, 2.45) is 0 Å². The molecule has 15 heavy (non-hydrogen) atoms. The molecule has 0 aliphatic heterocycles. The van der Waals surface area contributed by atoms with Crippen molar-refractivity contribution in [2.75, 3.05) is 7.11 Å². The van der Waals surface area contributed by atoms with E-state index in [9.17, 15) is 4.79 Å². The van der Waals surface area contributed by atoms with Crippen molar-refractivity contribution in [3.63, 3.8) is 0 Å². The first kappa shape index (κ1) is 12.0. The van der Waals surface area contributed by atoms with Gasteiger partial charge in [0.25, 0.3) is 0 Å². The molecule has 0 saturated heterocycles. The van der Waals surface area contributed by atoms with Crippen molar-refractivity contribution in [3.8, 4) is 0 Å².